The molecule has 1 aromatic rings. The van der Waals surface area contributed by atoms with Crippen molar-refractivity contribution in [2.45, 2.75) is 47.0 Å². The summed E-state index contributed by atoms with van der Waals surface area (Å²) in [6.45, 7) is 7.91. The van der Waals surface area contributed by atoms with E-state index in [0.29, 0.717) is 12.8 Å². The number of hydrogen-bond donors (Lipinski definition) is 2. The van der Waals surface area contributed by atoms with E-state index in [1.807, 2.05) is 45.9 Å². The number of benzene rings is 1. The molecule has 0 saturated heterocycles. The van der Waals surface area contributed by atoms with Crippen molar-refractivity contribution in [2.24, 2.45) is 5.41 Å². The van der Waals surface area contributed by atoms with E-state index in [1.165, 1.54) is 5.56 Å². The number of nitrogens with one attached hydrogen (secondary N) is 1. The third-order valence-corrected chi connectivity index (χ3v) is 4.37. The van der Waals surface area contributed by atoms with Crippen LogP contribution in [-0.4, -0.2) is 23.5 Å². The number of carboxylic acids is 1. The van der Waals surface area contributed by atoms with Gasteiger partial charge in [0.25, 0.3) is 0 Å². The number of amides is 1. The van der Waals surface area contributed by atoms with Crippen molar-refractivity contribution in [2.75, 3.05) is 6.54 Å². The molecule has 0 aliphatic carbocycles. The Balaban J connectivity index is 2.65. The van der Waals surface area contributed by atoms with Crippen LogP contribution in [-0.2, 0) is 16.0 Å². The van der Waals surface area contributed by atoms with Crippen molar-refractivity contribution in [3.63, 3.8) is 0 Å². The van der Waals surface area contributed by atoms with Crippen molar-refractivity contribution in [1.82, 2.24) is 5.32 Å². The van der Waals surface area contributed by atoms with Crippen molar-refractivity contribution in [3.05, 3.63) is 34.9 Å². The molecule has 1 amide bonds. The van der Waals surface area contributed by atoms with Crippen molar-refractivity contribution in [1.29, 1.82) is 0 Å². The summed E-state index contributed by atoms with van der Waals surface area (Å²) in [6.07, 6.45) is 1.29. The molecule has 4 nitrogen and oxygen atoms in total. The number of hydrogen-bond acceptors (Lipinski definition) is 2. The fourth-order valence-corrected chi connectivity index (χ4v) is 2.31. The van der Waals surface area contributed by atoms with Crippen LogP contribution in [0.15, 0.2) is 18.2 Å². The maximum absolute atomic E-state index is 12.0. The highest BCUT2D eigenvalue weighted by Gasteiger charge is 2.35. The van der Waals surface area contributed by atoms with Crippen LogP contribution in [0.25, 0.3) is 0 Å². The molecule has 0 atom stereocenters. The first-order valence-corrected chi connectivity index (χ1v) is 7.41. The topological polar surface area (TPSA) is 66.4 Å². The molecule has 1 rings (SSSR count). The Labute approximate surface area is 126 Å². The molecule has 0 aliphatic rings. The van der Waals surface area contributed by atoms with E-state index < -0.39 is 11.4 Å². The Morgan fingerprint density at radius 3 is 2.24 bits per heavy atom. The van der Waals surface area contributed by atoms with E-state index >= 15 is 0 Å². The quantitative estimate of drug-likeness (QED) is 0.811. The zero-order valence-corrected chi connectivity index (χ0v) is 13.3. The Bertz CT molecular complexity index is 519. The molecule has 0 radical (unpaired) electrons. The SMILES string of the molecule is CCC(CC)(CNC(=O)Cc1ccc(C)c(C)c1)C(=O)O. The summed E-state index contributed by atoms with van der Waals surface area (Å²) >= 11 is 0. The number of carbonyl (C=O) groups is 2. The Hall–Kier alpha value is -1.84. The average Bonchev–Trinajstić information content (AvgIpc) is 2.44. The average molecular weight is 291 g/mol. The Morgan fingerprint density at radius 1 is 1.14 bits per heavy atom. The summed E-state index contributed by atoms with van der Waals surface area (Å²) in [5, 5.41) is 12.1. The van der Waals surface area contributed by atoms with Gasteiger partial charge in [0, 0.05) is 6.54 Å². The molecule has 2 N–H and O–H groups in total. The van der Waals surface area contributed by atoms with E-state index in [1.54, 1.807) is 0 Å². The summed E-state index contributed by atoms with van der Waals surface area (Å²) in [5.41, 5.74) is 2.44. The molecule has 0 saturated carbocycles. The highest BCUT2D eigenvalue weighted by atomic mass is 16.4. The van der Waals surface area contributed by atoms with Gasteiger partial charge in [-0.2, -0.15) is 0 Å². The number of carbonyl (C=O) groups excluding carboxylic acids is 1. The molecule has 0 aromatic heterocycles. The first-order valence-electron chi connectivity index (χ1n) is 7.41. The highest BCUT2D eigenvalue weighted by molar-refractivity contribution is 5.80. The molecule has 0 bridgehead atoms. The van der Waals surface area contributed by atoms with Crippen molar-refractivity contribution < 1.29 is 14.7 Å². The maximum atomic E-state index is 12.0. The van der Waals surface area contributed by atoms with E-state index in [9.17, 15) is 14.7 Å². The van der Waals surface area contributed by atoms with Crippen molar-refractivity contribution >= 4 is 11.9 Å². The number of aryl methyl sites for hydroxylation is 2. The molecule has 1 aromatic carbocycles. The number of aliphatic carboxylic acids is 1. The molecule has 0 heterocycles. The summed E-state index contributed by atoms with van der Waals surface area (Å²) in [6, 6.07) is 5.93. The summed E-state index contributed by atoms with van der Waals surface area (Å²) in [7, 11) is 0. The number of carboxylic acid groups (broad SMARTS) is 1. The van der Waals surface area contributed by atoms with Gasteiger partial charge < -0.3 is 10.4 Å². The lowest BCUT2D eigenvalue weighted by Crippen LogP contribution is -2.42. The second-order valence-corrected chi connectivity index (χ2v) is 5.66. The van der Waals surface area contributed by atoms with Gasteiger partial charge in [0.2, 0.25) is 5.91 Å². The van der Waals surface area contributed by atoms with Crippen LogP contribution >= 0.6 is 0 Å². The van der Waals surface area contributed by atoms with Gasteiger partial charge in [-0.15, -0.1) is 0 Å². The smallest absolute Gasteiger partial charge is 0.311 e. The minimum atomic E-state index is -0.862. The standard InChI is InChI=1S/C17H25NO3/c1-5-17(6-2,16(20)21)11-18-15(19)10-14-8-7-12(3)13(4)9-14/h7-9H,5-6,10-11H2,1-4H3,(H,18,19)(H,20,21). The normalized spacial score (nSPS) is 11.2. The predicted molar refractivity (Wildman–Crippen MR) is 83.3 cm³/mol. The van der Waals surface area contributed by atoms with E-state index in [2.05, 4.69) is 5.32 Å². The number of rotatable bonds is 7. The van der Waals surface area contributed by atoms with Gasteiger partial charge >= 0.3 is 5.97 Å². The molecular weight excluding hydrogens is 266 g/mol. The van der Waals surface area contributed by atoms with Crippen LogP contribution in [0.2, 0.25) is 0 Å². The second kappa shape index (κ2) is 7.25. The zero-order chi connectivity index (χ0) is 16.0. The van der Waals surface area contributed by atoms with Crippen LogP contribution in [0.4, 0.5) is 0 Å². The van der Waals surface area contributed by atoms with E-state index in [-0.39, 0.29) is 18.9 Å². The minimum Gasteiger partial charge on any atom is -0.481 e. The fourth-order valence-electron chi connectivity index (χ4n) is 2.31. The fraction of sp³-hybridized carbons (Fsp3) is 0.529. The van der Waals surface area contributed by atoms with Gasteiger partial charge in [-0.05, 0) is 43.4 Å². The minimum absolute atomic E-state index is 0.134. The van der Waals surface area contributed by atoms with Gasteiger partial charge in [-0.25, -0.2) is 0 Å². The van der Waals surface area contributed by atoms with Crippen LogP contribution in [0.3, 0.4) is 0 Å². The predicted octanol–water partition coefficient (Wildman–Crippen LogP) is 2.85. The van der Waals surface area contributed by atoms with E-state index in [4.69, 9.17) is 0 Å². The molecule has 0 spiro atoms. The van der Waals surface area contributed by atoms with Gasteiger partial charge in [0.05, 0.1) is 11.8 Å². The van der Waals surface area contributed by atoms with Crippen molar-refractivity contribution in [3.8, 4) is 0 Å². The Kier molecular flexibility index (Phi) is 5.94. The molecule has 0 unspecified atom stereocenters. The molecule has 0 aliphatic heterocycles. The lowest BCUT2D eigenvalue weighted by Gasteiger charge is -2.26. The largest absolute Gasteiger partial charge is 0.481 e. The van der Waals surface area contributed by atoms with Crippen LogP contribution in [0, 0.1) is 19.3 Å². The summed E-state index contributed by atoms with van der Waals surface area (Å²) in [5.74, 6) is -0.982. The lowest BCUT2D eigenvalue weighted by atomic mass is 9.82. The van der Waals surface area contributed by atoms with Crippen LogP contribution < -0.4 is 5.32 Å². The summed E-state index contributed by atoms with van der Waals surface area (Å²) < 4.78 is 0. The van der Waals surface area contributed by atoms with Crippen LogP contribution in [0.1, 0.15) is 43.4 Å². The molecule has 116 valence electrons. The molecule has 0 fully saturated rings. The lowest BCUT2D eigenvalue weighted by molar-refractivity contribution is -0.149. The second-order valence-electron chi connectivity index (χ2n) is 5.66. The monoisotopic (exact) mass is 291 g/mol. The van der Waals surface area contributed by atoms with Gasteiger partial charge in [0.1, 0.15) is 0 Å². The first-order chi connectivity index (χ1) is 9.84. The van der Waals surface area contributed by atoms with Gasteiger partial charge in [-0.3, -0.25) is 9.59 Å². The summed E-state index contributed by atoms with van der Waals surface area (Å²) in [4.78, 5) is 23.4. The Morgan fingerprint density at radius 2 is 1.76 bits per heavy atom. The van der Waals surface area contributed by atoms with Gasteiger partial charge in [0.15, 0.2) is 0 Å². The van der Waals surface area contributed by atoms with E-state index in [0.717, 1.165) is 11.1 Å². The highest BCUT2D eigenvalue weighted by Crippen LogP contribution is 2.25. The van der Waals surface area contributed by atoms with Crippen LogP contribution in [0.5, 0.6) is 0 Å². The third kappa shape index (κ3) is 4.31. The molecule has 4 heteroatoms. The third-order valence-electron chi connectivity index (χ3n) is 4.37. The first kappa shape index (κ1) is 17.2. The maximum Gasteiger partial charge on any atom is 0.311 e. The molecule has 21 heavy (non-hydrogen) atoms. The molecular formula is C17H25NO3. The van der Waals surface area contributed by atoms with Gasteiger partial charge in [-0.1, -0.05) is 32.0 Å². The zero-order valence-electron chi connectivity index (χ0n) is 13.3.